The Morgan fingerprint density at radius 2 is 1.59 bits per heavy atom. The third-order valence-electron chi connectivity index (χ3n) is 5.20. The van der Waals surface area contributed by atoms with Crippen molar-refractivity contribution in [1.29, 1.82) is 0 Å². The molecule has 1 amide bonds. The lowest BCUT2D eigenvalue weighted by Crippen LogP contribution is -2.38. The monoisotopic (exact) mass is 454 g/mol. The summed E-state index contributed by atoms with van der Waals surface area (Å²) in [6, 6.07) is 17.2. The Balaban J connectivity index is 1.98. The van der Waals surface area contributed by atoms with Crippen molar-refractivity contribution < 1.29 is 17.6 Å². The van der Waals surface area contributed by atoms with Gasteiger partial charge in [-0.2, -0.15) is 0 Å². The quantitative estimate of drug-likeness (QED) is 0.520. The predicted octanol–water partition coefficient (Wildman–Crippen LogP) is 5.40. The van der Waals surface area contributed by atoms with Crippen LogP contribution in [0.2, 0.25) is 0 Å². The molecular formula is C25H27FN2O3S. The van der Waals surface area contributed by atoms with Gasteiger partial charge in [0.1, 0.15) is 12.4 Å². The number of aryl methyl sites for hydroxylation is 2. The van der Waals surface area contributed by atoms with Crippen molar-refractivity contribution in [2.45, 2.75) is 38.5 Å². The number of carbonyl (C=O) groups excluding carboxylic acids is 1. The van der Waals surface area contributed by atoms with Crippen LogP contribution < -0.4 is 9.62 Å². The molecule has 0 heterocycles. The Kier molecular flexibility index (Phi) is 6.99. The third kappa shape index (κ3) is 5.16. The van der Waals surface area contributed by atoms with Gasteiger partial charge in [0, 0.05) is 5.69 Å². The summed E-state index contributed by atoms with van der Waals surface area (Å²) < 4.78 is 41.3. The highest BCUT2D eigenvalue weighted by molar-refractivity contribution is 7.92. The number of para-hydroxylation sites is 1. The van der Waals surface area contributed by atoms with Crippen LogP contribution in [-0.4, -0.2) is 20.9 Å². The fraction of sp³-hybridized carbons (Fsp3) is 0.240. The van der Waals surface area contributed by atoms with Crippen LogP contribution in [0.15, 0.2) is 71.6 Å². The van der Waals surface area contributed by atoms with E-state index in [1.807, 2.05) is 45.9 Å². The van der Waals surface area contributed by atoms with Gasteiger partial charge in [0.25, 0.3) is 10.0 Å². The average Bonchev–Trinajstić information content (AvgIpc) is 2.74. The highest BCUT2D eigenvalue weighted by Gasteiger charge is 2.27. The molecule has 0 saturated heterocycles. The van der Waals surface area contributed by atoms with Crippen molar-refractivity contribution in [3.8, 4) is 0 Å². The second-order valence-corrected chi connectivity index (χ2v) is 9.91. The van der Waals surface area contributed by atoms with Crippen LogP contribution in [-0.2, 0) is 14.8 Å². The van der Waals surface area contributed by atoms with Crippen LogP contribution in [0.5, 0.6) is 0 Å². The molecule has 0 saturated carbocycles. The van der Waals surface area contributed by atoms with Crippen molar-refractivity contribution in [1.82, 2.24) is 0 Å². The first-order valence-corrected chi connectivity index (χ1v) is 11.8. The molecule has 0 fully saturated rings. The second-order valence-electron chi connectivity index (χ2n) is 8.04. The van der Waals surface area contributed by atoms with Gasteiger partial charge < -0.3 is 5.32 Å². The summed E-state index contributed by atoms with van der Waals surface area (Å²) in [7, 11) is -4.06. The minimum absolute atomic E-state index is 0.0546. The second kappa shape index (κ2) is 9.53. The Morgan fingerprint density at radius 3 is 2.19 bits per heavy atom. The zero-order valence-corrected chi connectivity index (χ0v) is 19.4. The Bertz CT molecular complexity index is 1200. The number of hydrogen-bond acceptors (Lipinski definition) is 3. The topological polar surface area (TPSA) is 66.5 Å². The van der Waals surface area contributed by atoms with E-state index in [2.05, 4.69) is 5.32 Å². The van der Waals surface area contributed by atoms with Crippen LogP contribution in [0.1, 0.15) is 36.5 Å². The SMILES string of the molecule is Cc1ccc(S(=O)(=O)N(CC(=O)Nc2c(C)cccc2C(C)C)c2ccc(F)cc2)cc1. The number of halogens is 1. The lowest BCUT2D eigenvalue weighted by atomic mass is 9.98. The molecule has 5 nitrogen and oxygen atoms in total. The molecule has 0 aliphatic rings. The molecule has 0 bridgehead atoms. The van der Waals surface area contributed by atoms with E-state index in [0.717, 1.165) is 21.0 Å². The number of rotatable bonds is 7. The minimum Gasteiger partial charge on any atom is -0.324 e. The van der Waals surface area contributed by atoms with Crippen LogP contribution in [0.25, 0.3) is 0 Å². The highest BCUT2D eigenvalue weighted by atomic mass is 32.2. The zero-order valence-electron chi connectivity index (χ0n) is 18.6. The molecule has 0 radical (unpaired) electrons. The van der Waals surface area contributed by atoms with Crippen LogP contribution in [0, 0.1) is 19.7 Å². The van der Waals surface area contributed by atoms with Gasteiger partial charge in [0.05, 0.1) is 10.6 Å². The lowest BCUT2D eigenvalue weighted by Gasteiger charge is -2.25. The fourth-order valence-electron chi connectivity index (χ4n) is 3.41. The first-order valence-electron chi connectivity index (χ1n) is 10.3. The maximum atomic E-state index is 13.5. The van der Waals surface area contributed by atoms with Crippen molar-refractivity contribution in [3.05, 3.63) is 89.2 Å². The summed E-state index contributed by atoms with van der Waals surface area (Å²) in [5.41, 5.74) is 3.65. The highest BCUT2D eigenvalue weighted by Crippen LogP contribution is 2.28. The summed E-state index contributed by atoms with van der Waals surface area (Å²) >= 11 is 0. The fourth-order valence-corrected chi connectivity index (χ4v) is 4.83. The molecule has 0 atom stereocenters. The molecule has 0 spiro atoms. The maximum absolute atomic E-state index is 13.5. The molecule has 7 heteroatoms. The van der Waals surface area contributed by atoms with Crippen molar-refractivity contribution >= 4 is 27.3 Å². The number of anilines is 2. The number of hydrogen-bond donors (Lipinski definition) is 1. The summed E-state index contributed by atoms with van der Waals surface area (Å²) in [4.78, 5) is 13.1. The first-order chi connectivity index (χ1) is 15.1. The third-order valence-corrected chi connectivity index (χ3v) is 6.99. The number of benzene rings is 3. The first kappa shape index (κ1) is 23.5. The molecule has 32 heavy (non-hydrogen) atoms. The molecule has 3 aromatic carbocycles. The molecule has 3 aromatic rings. The molecule has 0 aliphatic carbocycles. The Hall–Kier alpha value is -3.19. The van der Waals surface area contributed by atoms with E-state index in [4.69, 9.17) is 0 Å². The van der Waals surface area contributed by atoms with Gasteiger partial charge in [-0.15, -0.1) is 0 Å². The van der Waals surface area contributed by atoms with E-state index in [1.165, 1.54) is 36.4 Å². The van der Waals surface area contributed by atoms with E-state index in [9.17, 15) is 17.6 Å². The van der Waals surface area contributed by atoms with E-state index in [1.54, 1.807) is 12.1 Å². The van der Waals surface area contributed by atoms with Crippen molar-refractivity contribution in [2.24, 2.45) is 0 Å². The Morgan fingerprint density at radius 1 is 0.969 bits per heavy atom. The smallest absolute Gasteiger partial charge is 0.264 e. The molecule has 168 valence electrons. The molecule has 1 N–H and O–H groups in total. The predicted molar refractivity (Wildman–Crippen MR) is 126 cm³/mol. The lowest BCUT2D eigenvalue weighted by molar-refractivity contribution is -0.114. The van der Waals surface area contributed by atoms with Crippen LogP contribution >= 0.6 is 0 Å². The summed E-state index contributed by atoms with van der Waals surface area (Å²) in [6.07, 6.45) is 0. The standard InChI is InChI=1S/C25H27FN2O3S/c1-17(2)23-7-5-6-19(4)25(23)27-24(29)16-28(21-12-10-20(26)11-13-21)32(30,31)22-14-8-18(3)9-15-22/h5-15,17H,16H2,1-4H3,(H,27,29). The summed E-state index contributed by atoms with van der Waals surface area (Å²) in [5.74, 6) is -0.803. The van der Waals surface area contributed by atoms with Gasteiger partial charge in [0.2, 0.25) is 5.91 Å². The number of carbonyl (C=O) groups is 1. The van der Waals surface area contributed by atoms with Gasteiger partial charge >= 0.3 is 0 Å². The number of nitrogens with zero attached hydrogens (tertiary/aromatic N) is 1. The maximum Gasteiger partial charge on any atom is 0.264 e. The minimum atomic E-state index is -4.06. The summed E-state index contributed by atoms with van der Waals surface area (Å²) in [6.45, 7) is 7.35. The van der Waals surface area contributed by atoms with Crippen molar-refractivity contribution in [3.63, 3.8) is 0 Å². The molecular weight excluding hydrogens is 427 g/mol. The van der Waals surface area contributed by atoms with Crippen molar-refractivity contribution in [2.75, 3.05) is 16.2 Å². The van der Waals surface area contributed by atoms with Gasteiger partial charge in [0.15, 0.2) is 0 Å². The molecule has 3 rings (SSSR count). The van der Waals surface area contributed by atoms with E-state index in [-0.39, 0.29) is 16.5 Å². The van der Waals surface area contributed by atoms with E-state index in [0.29, 0.717) is 5.69 Å². The zero-order chi connectivity index (χ0) is 23.5. The van der Waals surface area contributed by atoms with E-state index < -0.39 is 28.3 Å². The number of amides is 1. The van der Waals surface area contributed by atoms with Gasteiger partial charge in [-0.3, -0.25) is 9.10 Å². The number of sulfonamides is 1. The normalized spacial score (nSPS) is 11.4. The van der Waals surface area contributed by atoms with Crippen LogP contribution in [0.4, 0.5) is 15.8 Å². The van der Waals surface area contributed by atoms with Gasteiger partial charge in [-0.1, -0.05) is 49.7 Å². The molecule has 0 aromatic heterocycles. The van der Waals surface area contributed by atoms with Crippen LogP contribution in [0.3, 0.4) is 0 Å². The molecule has 0 unspecified atom stereocenters. The average molecular weight is 455 g/mol. The largest absolute Gasteiger partial charge is 0.324 e. The van der Waals surface area contributed by atoms with Gasteiger partial charge in [-0.25, -0.2) is 12.8 Å². The molecule has 0 aliphatic heterocycles. The van der Waals surface area contributed by atoms with Gasteiger partial charge in [-0.05, 0) is 67.3 Å². The van der Waals surface area contributed by atoms with E-state index >= 15 is 0 Å². The Labute approximate surface area is 188 Å². The number of nitrogens with one attached hydrogen (secondary N) is 1. The summed E-state index contributed by atoms with van der Waals surface area (Å²) in [5, 5.41) is 2.89.